The van der Waals surface area contributed by atoms with Crippen molar-refractivity contribution in [1.82, 2.24) is 5.32 Å². The molecule has 106 valence electrons. The summed E-state index contributed by atoms with van der Waals surface area (Å²) in [7, 11) is 0. The zero-order chi connectivity index (χ0) is 14.7. The molecule has 0 radical (unpaired) electrons. The first-order valence-electron chi connectivity index (χ1n) is 6.44. The highest BCUT2D eigenvalue weighted by Crippen LogP contribution is 2.24. The summed E-state index contributed by atoms with van der Waals surface area (Å²) in [5.74, 6) is -0.517. The van der Waals surface area contributed by atoms with Crippen LogP contribution in [0.25, 0.3) is 0 Å². The smallest absolute Gasteiger partial charge is 0.128 e. The number of rotatable bonds is 4. The van der Waals surface area contributed by atoms with Gasteiger partial charge in [-0.3, -0.25) is 0 Å². The molecule has 0 saturated heterocycles. The lowest BCUT2D eigenvalue weighted by atomic mass is 10.0. The van der Waals surface area contributed by atoms with Crippen LogP contribution in [-0.2, 0) is 0 Å². The van der Waals surface area contributed by atoms with Crippen molar-refractivity contribution >= 4 is 15.9 Å². The minimum Gasteiger partial charge on any atom is -0.304 e. The van der Waals surface area contributed by atoms with Crippen LogP contribution in [0.1, 0.15) is 37.1 Å². The first-order valence-corrected chi connectivity index (χ1v) is 7.23. The first-order chi connectivity index (χ1) is 9.47. The molecule has 0 aliphatic heterocycles. The number of hydrogen-bond donors (Lipinski definition) is 1. The Bertz CT molecular complexity index is 601. The molecule has 0 bridgehead atoms. The van der Waals surface area contributed by atoms with Crippen molar-refractivity contribution in [2.45, 2.75) is 25.9 Å². The molecule has 2 aromatic carbocycles. The van der Waals surface area contributed by atoms with Gasteiger partial charge in [0.15, 0.2) is 0 Å². The number of benzene rings is 2. The Kier molecular flexibility index (Phi) is 4.89. The highest BCUT2D eigenvalue weighted by atomic mass is 79.9. The normalized spacial score (nSPS) is 14.1. The van der Waals surface area contributed by atoms with Crippen LogP contribution in [0.5, 0.6) is 0 Å². The molecule has 0 aromatic heterocycles. The van der Waals surface area contributed by atoms with Crippen molar-refractivity contribution in [3.05, 3.63) is 69.7 Å². The average molecular weight is 340 g/mol. The molecule has 2 rings (SSSR count). The molecular weight excluding hydrogens is 324 g/mol. The molecule has 0 saturated carbocycles. The molecule has 2 atom stereocenters. The van der Waals surface area contributed by atoms with E-state index in [2.05, 4.69) is 21.2 Å². The lowest BCUT2D eigenvalue weighted by Crippen LogP contribution is -2.23. The lowest BCUT2D eigenvalue weighted by molar-refractivity contribution is 0.472. The molecule has 0 aliphatic rings. The van der Waals surface area contributed by atoms with Gasteiger partial charge in [0.2, 0.25) is 0 Å². The van der Waals surface area contributed by atoms with E-state index in [4.69, 9.17) is 0 Å². The van der Waals surface area contributed by atoms with E-state index < -0.39 is 0 Å². The molecule has 0 amide bonds. The summed E-state index contributed by atoms with van der Waals surface area (Å²) in [5, 5.41) is 3.28. The second-order valence-corrected chi connectivity index (χ2v) is 5.75. The van der Waals surface area contributed by atoms with E-state index in [-0.39, 0.29) is 23.7 Å². The predicted octanol–water partition coefficient (Wildman–Crippen LogP) is 5.14. The summed E-state index contributed by atoms with van der Waals surface area (Å²) >= 11 is 3.34. The fourth-order valence-corrected chi connectivity index (χ4v) is 2.56. The van der Waals surface area contributed by atoms with Crippen molar-refractivity contribution in [1.29, 1.82) is 0 Å². The Morgan fingerprint density at radius 1 is 1.00 bits per heavy atom. The van der Waals surface area contributed by atoms with Crippen LogP contribution in [0, 0.1) is 11.6 Å². The molecule has 2 unspecified atom stereocenters. The quantitative estimate of drug-likeness (QED) is 0.813. The second kappa shape index (κ2) is 6.46. The van der Waals surface area contributed by atoms with Gasteiger partial charge < -0.3 is 5.32 Å². The van der Waals surface area contributed by atoms with Crippen molar-refractivity contribution in [2.75, 3.05) is 0 Å². The molecule has 20 heavy (non-hydrogen) atoms. The molecule has 0 aliphatic carbocycles. The topological polar surface area (TPSA) is 12.0 Å². The second-order valence-electron chi connectivity index (χ2n) is 4.83. The van der Waals surface area contributed by atoms with Crippen molar-refractivity contribution < 1.29 is 8.78 Å². The van der Waals surface area contributed by atoms with Crippen LogP contribution in [-0.4, -0.2) is 0 Å². The van der Waals surface area contributed by atoms with E-state index >= 15 is 0 Å². The third kappa shape index (κ3) is 3.64. The SMILES string of the molecule is CC(NC(C)c1cc(Br)ccc1F)c1cccc(F)c1. The lowest BCUT2D eigenvalue weighted by Gasteiger charge is -2.21. The van der Waals surface area contributed by atoms with Gasteiger partial charge in [0.1, 0.15) is 11.6 Å². The number of nitrogens with one attached hydrogen (secondary N) is 1. The van der Waals surface area contributed by atoms with Crippen molar-refractivity contribution in [2.24, 2.45) is 0 Å². The van der Waals surface area contributed by atoms with Crippen molar-refractivity contribution in [3.8, 4) is 0 Å². The minimum absolute atomic E-state index is 0.0703. The summed E-state index contributed by atoms with van der Waals surface area (Å²) in [6, 6.07) is 11.0. The zero-order valence-electron chi connectivity index (χ0n) is 11.3. The Labute approximate surface area is 126 Å². The number of halogens is 3. The van der Waals surface area contributed by atoms with Crippen LogP contribution in [0.15, 0.2) is 46.9 Å². The third-order valence-corrected chi connectivity index (χ3v) is 3.77. The zero-order valence-corrected chi connectivity index (χ0v) is 12.9. The standard InChI is InChI=1S/C16H16BrF2N/c1-10(12-4-3-5-14(18)8-12)20-11(2)15-9-13(17)6-7-16(15)19/h3-11,20H,1-2H3. The Morgan fingerprint density at radius 2 is 1.75 bits per heavy atom. The largest absolute Gasteiger partial charge is 0.304 e. The maximum atomic E-state index is 13.8. The molecule has 2 aromatic rings. The van der Waals surface area contributed by atoms with Crippen LogP contribution in [0.4, 0.5) is 8.78 Å². The fraction of sp³-hybridized carbons (Fsp3) is 0.250. The van der Waals surface area contributed by atoms with Crippen LogP contribution < -0.4 is 5.32 Å². The molecule has 1 N–H and O–H groups in total. The monoisotopic (exact) mass is 339 g/mol. The van der Waals surface area contributed by atoms with Gasteiger partial charge >= 0.3 is 0 Å². The van der Waals surface area contributed by atoms with E-state index in [0.717, 1.165) is 10.0 Å². The molecule has 0 heterocycles. The third-order valence-electron chi connectivity index (χ3n) is 3.27. The van der Waals surface area contributed by atoms with E-state index in [1.807, 2.05) is 19.9 Å². The maximum Gasteiger partial charge on any atom is 0.128 e. The highest BCUT2D eigenvalue weighted by Gasteiger charge is 2.15. The Balaban J connectivity index is 2.15. The summed E-state index contributed by atoms with van der Waals surface area (Å²) in [5.41, 5.74) is 1.43. The van der Waals surface area contributed by atoms with Gasteiger partial charge in [0.05, 0.1) is 0 Å². The molecule has 0 fully saturated rings. The van der Waals surface area contributed by atoms with E-state index in [1.165, 1.54) is 18.2 Å². The van der Waals surface area contributed by atoms with E-state index in [0.29, 0.717) is 5.56 Å². The van der Waals surface area contributed by atoms with Gasteiger partial charge in [0, 0.05) is 22.1 Å². The summed E-state index contributed by atoms with van der Waals surface area (Å²) in [6.07, 6.45) is 0. The summed E-state index contributed by atoms with van der Waals surface area (Å²) in [6.45, 7) is 3.82. The van der Waals surface area contributed by atoms with Gasteiger partial charge in [-0.25, -0.2) is 8.78 Å². The molecule has 4 heteroatoms. The molecule has 0 spiro atoms. The number of hydrogen-bond acceptors (Lipinski definition) is 1. The van der Waals surface area contributed by atoms with Crippen LogP contribution in [0.3, 0.4) is 0 Å². The maximum absolute atomic E-state index is 13.8. The van der Waals surface area contributed by atoms with Gasteiger partial charge in [-0.1, -0.05) is 28.1 Å². The fourth-order valence-electron chi connectivity index (χ4n) is 2.18. The van der Waals surface area contributed by atoms with E-state index in [1.54, 1.807) is 18.2 Å². The highest BCUT2D eigenvalue weighted by molar-refractivity contribution is 9.10. The van der Waals surface area contributed by atoms with Crippen LogP contribution >= 0.6 is 15.9 Å². The predicted molar refractivity (Wildman–Crippen MR) is 80.5 cm³/mol. The first kappa shape index (κ1) is 15.1. The average Bonchev–Trinajstić information content (AvgIpc) is 2.41. The van der Waals surface area contributed by atoms with Gasteiger partial charge in [-0.05, 0) is 49.7 Å². The van der Waals surface area contributed by atoms with Gasteiger partial charge in [0.25, 0.3) is 0 Å². The Morgan fingerprint density at radius 3 is 2.45 bits per heavy atom. The summed E-state index contributed by atoms with van der Waals surface area (Å²) < 4.78 is 27.9. The van der Waals surface area contributed by atoms with Gasteiger partial charge in [-0.15, -0.1) is 0 Å². The summed E-state index contributed by atoms with van der Waals surface area (Å²) in [4.78, 5) is 0. The minimum atomic E-state index is -0.266. The van der Waals surface area contributed by atoms with Crippen molar-refractivity contribution in [3.63, 3.8) is 0 Å². The molecule has 1 nitrogen and oxygen atoms in total. The Hall–Kier alpha value is -1.26. The van der Waals surface area contributed by atoms with Gasteiger partial charge in [-0.2, -0.15) is 0 Å². The van der Waals surface area contributed by atoms with E-state index in [9.17, 15) is 8.78 Å². The molecular formula is C16H16BrF2N. The van der Waals surface area contributed by atoms with Crippen LogP contribution in [0.2, 0.25) is 0 Å².